The smallest absolute Gasteiger partial charge is 0.275 e. The molecule has 2 aromatic rings. The number of rotatable bonds is 2. The molecule has 1 amide bonds. The van der Waals surface area contributed by atoms with Gasteiger partial charge in [0.2, 0.25) is 0 Å². The Hall–Kier alpha value is -2.28. The number of nitrogens with zero attached hydrogens (tertiary/aromatic N) is 2. The summed E-state index contributed by atoms with van der Waals surface area (Å²) in [6.07, 6.45) is 3.37. The number of likely N-dealkylation sites (tertiary alicyclic amines) is 1. The zero-order chi connectivity index (χ0) is 17.6. The van der Waals surface area contributed by atoms with E-state index in [9.17, 15) is 18.7 Å². The van der Waals surface area contributed by atoms with Crippen molar-refractivity contribution in [1.82, 2.24) is 15.1 Å². The fourth-order valence-electron chi connectivity index (χ4n) is 3.87. The molecule has 2 N–H and O–H groups in total. The lowest BCUT2D eigenvalue weighted by Gasteiger charge is -2.25. The highest BCUT2D eigenvalue weighted by Gasteiger charge is 2.38. The molecule has 0 saturated carbocycles. The first-order chi connectivity index (χ1) is 12.0. The summed E-state index contributed by atoms with van der Waals surface area (Å²) in [6.45, 7) is 0.157. The molecule has 2 heterocycles. The third-order valence-electron chi connectivity index (χ3n) is 5.13. The summed E-state index contributed by atoms with van der Waals surface area (Å²) in [6, 6.07) is 3.11. The van der Waals surface area contributed by atoms with E-state index in [1.165, 1.54) is 11.0 Å². The van der Waals surface area contributed by atoms with Crippen LogP contribution in [0.4, 0.5) is 8.78 Å². The molecule has 1 aliphatic heterocycles. The second kappa shape index (κ2) is 6.22. The van der Waals surface area contributed by atoms with E-state index in [2.05, 4.69) is 10.2 Å². The van der Waals surface area contributed by atoms with Crippen molar-refractivity contribution in [3.05, 3.63) is 52.3 Å². The van der Waals surface area contributed by atoms with Crippen molar-refractivity contribution in [3.63, 3.8) is 0 Å². The predicted molar refractivity (Wildman–Crippen MR) is 86.0 cm³/mol. The molecule has 0 spiro atoms. The van der Waals surface area contributed by atoms with Gasteiger partial charge in [-0.25, -0.2) is 8.78 Å². The number of halogens is 2. The van der Waals surface area contributed by atoms with Crippen molar-refractivity contribution >= 4 is 5.91 Å². The number of H-pyrrole nitrogens is 1. The molecule has 1 saturated heterocycles. The summed E-state index contributed by atoms with van der Waals surface area (Å²) >= 11 is 0. The van der Waals surface area contributed by atoms with Crippen molar-refractivity contribution in [1.29, 1.82) is 0 Å². The number of aliphatic hydroxyl groups is 1. The molecule has 132 valence electrons. The number of carbonyl (C=O) groups excluding carboxylic acids is 1. The van der Waals surface area contributed by atoms with E-state index in [1.807, 2.05) is 0 Å². The highest BCUT2D eigenvalue weighted by Crippen LogP contribution is 2.35. The largest absolute Gasteiger partial charge is 0.391 e. The number of aromatic amines is 1. The topological polar surface area (TPSA) is 69.2 Å². The Morgan fingerprint density at radius 3 is 2.84 bits per heavy atom. The average molecular weight is 347 g/mol. The van der Waals surface area contributed by atoms with E-state index < -0.39 is 23.8 Å². The fourth-order valence-corrected chi connectivity index (χ4v) is 3.87. The van der Waals surface area contributed by atoms with Crippen molar-refractivity contribution in [3.8, 4) is 0 Å². The minimum atomic E-state index is -0.955. The van der Waals surface area contributed by atoms with Crippen molar-refractivity contribution in [2.45, 2.75) is 44.2 Å². The third kappa shape index (κ3) is 2.82. The van der Waals surface area contributed by atoms with Gasteiger partial charge in [-0.1, -0.05) is 6.07 Å². The maximum Gasteiger partial charge on any atom is 0.275 e. The minimum absolute atomic E-state index is 0.157. The monoisotopic (exact) mass is 347 g/mol. The second-order valence-electron chi connectivity index (χ2n) is 6.77. The standard InChI is InChI=1S/C18H19F2N3O2/c19-13-6-5-10(7-14(13)20)16-8-11(24)9-23(16)18(25)17-12-3-1-2-4-15(12)21-22-17/h5-7,11,16,24H,1-4,8-9H2,(H,21,22)/t11-,16+/m0/s1. The average Bonchev–Trinajstić information content (AvgIpc) is 3.20. The highest BCUT2D eigenvalue weighted by atomic mass is 19.2. The van der Waals surface area contributed by atoms with Crippen molar-refractivity contribution in [2.24, 2.45) is 0 Å². The van der Waals surface area contributed by atoms with Gasteiger partial charge in [0.1, 0.15) is 0 Å². The Balaban J connectivity index is 1.66. The number of carbonyl (C=O) groups is 1. The molecule has 2 atom stereocenters. The fraction of sp³-hybridized carbons (Fsp3) is 0.444. The number of hydrogen-bond acceptors (Lipinski definition) is 3. The summed E-state index contributed by atoms with van der Waals surface area (Å²) in [5.74, 6) is -2.16. The molecular weight excluding hydrogens is 328 g/mol. The van der Waals surface area contributed by atoms with Gasteiger partial charge in [0.25, 0.3) is 5.91 Å². The second-order valence-corrected chi connectivity index (χ2v) is 6.77. The van der Waals surface area contributed by atoms with Gasteiger partial charge in [-0.05, 0) is 49.8 Å². The first kappa shape index (κ1) is 16.2. The predicted octanol–water partition coefficient (Wildman–Crippen LogP) is 2.51. The molecule has 0 unspecified atom stereocenters. The SMILES string of the molecule is O=C(c1n[nH]c2c1CCCC2)N1C[C@@H](O)C[C@@H]1c1ccc(F)c(F)c1. The summed E-state index contributed by atoms with van der Waals surface area (Å²) in [7, 11) is 0. The van der Waals surface area contributed by atoms with Crippen LogP contribution in [0.1, 0.15) is 52.6 Å². The molecule has 7 heteroatoms. The lowest BCUT2D eigenvalue weighted by molar-refractivity contribution is 0.0708. The first-order valence-electron chi connectivity index (χ1n) is 8.54. The Kier molecular flexibility index (Phi) is 4.03. The summed E-state index contributed by atoms with van der Waals surface area (Å²) in [5, 5.41) is 17.2. The van der Waals surface area contributed by atoms with Crippen molar-refractivity contribution in [2.75, 3.05) is 6.54 Å². The molecule has 4 rings (SSSR count). The molecule has 1 aromatic heterocycles. The molecule has 0 radical (unpaired) electrons. The Labute approximate surface area is 143 Å². The number of amides is 1. The van der Waals surface area contributed by atoms with Crippen LogP contribution in [0.15, 0.2) is 18.2 Å². The molecule has 1 aromatic carbocycles. The third-order valence-corrected chi connectivity index (χ3v) is 5.13. The van der Waals surface area contributed by atoms with Gasteiger partial charge in [-0.15, -0.1) is 0 Å². The van der Waals surface area contributed by atoms with Gasteiger partial charge in [0, 0.05) is 17.8 Å². The molecule has 2 aliphatic rings. The van der Waals surface area contributed by atoms with Crippen molar-refractivity contribution < 1.29 is 18.7 Å². The number of aryl methyl sites for hydroxylation is 1. The Morgan fingerprint density at radius 2 is 2.04 bits per heavy atom. The van der Waals surface area contributed by atoms with E-state index in [4.69, 9.17) is 0 Å². The van der Waals surface area contributed by atoms with Crippen LogP contribution in [0.3, 0.4) is 0 Å². The van der Waals surface area contributed by atoms with Crippen LogP contribution in [-0.2, 0) is 12.8 Å². The summed E-state index contributed by atoms with van der Waals surface area (Å²) < 4.78 is 26.8. The molecule has 5 nitrogen and oxygen atoms in total. The number of benzene rings is 1. The quantitative estimate of drug-likeness (QED) is 0.877. The lowest BCUT2D eigenvalue weighted by Crippen LogP contribution is -2.33. The van der Waals surface area contributed by atoms with Crippen LogP contribution >= 0.6 is 0 Å². The van der Waals surface area contributed by atoms with Gasteiger partial charge in [0.15, 0.2) is 17.3 Å². The van der Waals surface area contributed by atoms with E-state index in [0.29, 0.717) is 17.7 Å². The zero-order valence-electron chi connectivity index (χ0n) is 13.6. The molecule has 1 aliphatic carbocycles. The van der Waals surface area contributed by atoms with Crippen LogP contribution < -0.4 is 0 Å². The molecule has 25 heavy (non-hydrogen) atoms. The number of fused-ring (bicyclic) bond motifs is 1. The van der Waals surface area contributed by atoms with Gasteiger partial charge in [-0.2, -0.15) is 5.10 Å². The van der Waals surface area contributed by atoms with Gasteiger partial charge < -0.3 is 10.0 Å². The van der Waals surface area contributed by atoms with E-state index in [0.717, 1.165) is 49.1 Å². The number of aliphatic hydroxyl groups excluding tert-OH is 1. The van der Waals surface area contributed by atoms with E-state index >= 15 is 0 Å². The minimum Gasteiger partial charge on any atom is -0.391 e. The van der Waals surface area contributed by atoms with Gasteiger partial charge >= 0.3 is 0 Å². The van der Waals surface area contributed by atoms with Crippen LogP contribution in [-0.4, -0.2) is 38.8 Å². The lowest BCUT2D eigenvalue weighted by atomic mass is 9.95. The van der Waals surface area contributed by atoms with Crippen LogP contribution in [0.25, 0.3) is 0 Å². The molecule has 1 fully saturated rings. The Bertz CT molecular complexity index is 821. The molecule has 0 bridgehead atoms. The number of hydrogen-bond donors (Lipinski definition) is 2. The highest BCUT2D eigenvalue weighted by molar-refractivity contribution is 5.94. The maximum absolute atomic E-state index is 13.6. The van der Waals surface area contributed by atoms with Gasteiger partial charge in [0.05, 0.1) is 12.1 Å². The summed E-state index contributed by atoms with van der Waals surface area (Å²) in [4.78, 5) is 14.5. The van der Waals surface area contributed by atoms with E-state index in [1.54, 1.807) is 0 Å². The van der Waals surface area contributed by atoms with Gasteiger partial charge in [-0.3, -0.25) is 9.89 Å². The maximum atomic E-state index is 13.6. The van der Waals surface area contributed by atoms with Crippen LogP contribution in [0.5, 0.6) is 0 Å². The van der Waals surface area contributed by atoms with E-state index in [-0.39, 0.29) is 12.5 Å². The number of β-amino-alcohol motifs (C(OH)–C–C–N with tert-alkyl or cyclic N) is 1. The number of aromatic nitrogens is 2. The zero-order valence-corrected chi connectivity index (χ0v) is 13.6. The normalized spacial score (nSPS) is 22.9. The molecular formula is C18H19F2N3O2. The van der Waals surface area contributed by atoms with Crippen LogP contribution in [0.2, 0.25) is 0 Å². The number of nitrogens with one attached hydrogen (secondary N) is 1. The first-order valence-corrected chi connectivity index (χ1v) is 8.54. The summed E-state index contributed by atoms with van der Waals surface area (Å²) in [5.41, 5.74) is 2.81. The Morgan fingerprint density at radius 1 is 1.24 bits per heavy atom. The van der Waals surface area contributed by atoms with Crippen LogP contribution in [0, 0.1) is 11.6 Å².